The lowest BCUT2D eigenvalue weighted by atomic mass is 9.77. The predicted octanol–water partition coefficient (Wildman–Crippen LogP) is 4.09. The molecule has 2 heterocycles. The zero-order valence-electron chi connectivity index (χ0n) is 13.8. The van der Waals surface area contributed by atoms with E-state index < -0.39 is 0 Å². The number of hydrogen-bond donors (Lipinski definition) is 1. The van der Waals surface area contributed by atoms with Gasteiger partial charge in [-0.2, -0.15) is 5.10 Å². The van der Waals surface area contributed by atoms with Gasteiger partial charge in [-0.3, -0.25) is 10.4 Å². The summed E-state index contributed by atoms with van der Waals surface area (Å²) < 4.78 is 5.07. The van der Waals surface area contributed by atoms with Crippen molar-refractivity contribution in [2.45, 2.75) is 47.6 Å². The number of nitrogens with zero attached hydrogens (tertiary/aromatic N) is 2. The molecule has 1 aromatic heterocycles. The van der Waals surface area contributed by atoms with E-state index in [4.69, 9.17) is 4.42 Å². The summed E-state index contributed by atoms with van der Waals surface area (Å²) in [6.07, 6.45) is 4.55. The molecule has 0 fully saturated rings. The molecule has 0 saturated carbocycles. The Kier molecular flexibility index (Phi) is 5.21. The van der Waals surface area contributed by atoms with Crippen LogP contribution in [-0.2, 0) is 6.54 Å². The fourth-order valence-corrected chi connectivity index (χ4v) is 3.00. The second kappa shape index (κ2) is 6.92. The second-order valence-corrected chi connectivity index (χ2v) is 6.32. The van der Waals surface area contributed by atoms with Crippen LogP contribution in [0.5, 0.6) is 0 Å². The maximum Gasteiger partial charge on any atom is 0.120 e. The highest BCUT2D eigenvalue weighted by Crippen LogP contribution is 2.28. The maximum absolute atomic E-state index is 5.07. The Hall–Kier alpha value is -1.58. The van der Waals surface area contributed by atoms with Crippen LogP contribution in [0.4, 0.5) is 0 Å². The van der Waals surface area contributed by atoms with E-state index in [1.54, 1.807) is 12.5 Å². The molecule has 0 aliphatic carbocycles. The molecule has 0 bridgehead atoms. The van der Waals surface area contributed by atoms with Crippen molar-refractivity contribution in [3.8, 4) is 0 Å². The predicted molar refractivity (Wildman–Crippen MR) is 87.4 cm³/mol. The van der Waals surface area contributed by atoms with Crippen LogP contribution < -0.4 is 5.43 Å². The van der Waals surface area contributed by atoms with Gasteiger partial charge in [-0.25, -0.2) is 0 Å². The smallest absolute Gasteiger partial charge is 0.120 e. The minimum atomic E-state index is 0.372. The fourth-order valence-electron chi connectivity index (χ4n) is 3.00. The lowest BCUT2D eigenvalue weighted by Crippen LogP contribution is -2.43. The summed E-state index contributed by atoms with van der Waals surface area (Å²) in [6, 6.07) is 1.95. The zero-order valence-corrected chi connectivity index (χ0v) is 13.8. The first-order valence-corrected chi connectivity index (χ1v) is 7.93. The molecule has 1 aliphatic rings. The van der Waals surface area contributed by atoms with Gasteiger partial charge < -0.3 is 4.42 Å². The topological polar surface area (TPSA) is 49.9 Å². The molecule has 4 heteroatoms. The van der Waals surface area contributed by atoms with Gasteiger partial charge in [0, 0.05) is 29.0 Å². The molecule has 4 nitrogen and oxygen atoms in total. The van der Waals surface area contributed by atoms with Crippen molar-refractivity contribution in [1.82, 2.24) is 5.43 Å². The summed E-state index contributed by atoms with van der Waals surface area (Å²) in [7, 11) is 0. The Bertz CT molecular complexity index is 502. The summed E-state index contributed by atoms with van der Waals surface area (Å²) in [4.78, 5) is 4.66. The van der Waals surface area contributed by atoms with Crippen LogP contribution in [0.15, 0.2) is 33.1 Å². The van der Waals surface area contributed by atoms with Gasteiger partial charge in [-0.1, -0.05) is 34.6 Å². The number of amidine groups is 1. The minimum absolute atomic E-state index is 0.372. The number of hydrazone groups is 1. The molecule has 21 heavy (non-hydrogen) atoms. The molecule has 1 aromatic rings. The van der Waals surface area contributed by atoms with Crippen molar-refractivity contribution in [3.63, 3.8) is 0 Å². The fraction of sp³-hybridized carbons (Fsp3) is 0.647. The Balaban J connectivity index is 2.12. The molecule has 1 N–H and O–H groups in total. The molecule has 3 atom stereocenters. The summed E-state index contributed by atoms with van der Waals surface area (Å²) in [5.74, 6) is 2.95. The standard InChI is InChI=1S/C17H27N3O/c1-6-15(11(2)3)16-12(4)13(5)17(20-19-16)18-9-14-7-8-21-10-14/h7-8,10-13,15H,6,9H2,1-5H3,(H,18,20). The van der Waals surface area contributed by atoms with Gasteiger partial charge in [-0.15, -0.1) is 0 Å². The van der Waals surface area contributed by atoms with Gasteiger partial charge >= 0.3 is 0 Å². The molecule has 1 aliphatic heterocycles. The minimum Gasteiger partial charge on any atom is -0.472 e. The number of aliphatic imine (C=N–C) groups is 1. The summed E-state index contributed by atoms with van der Waals surface area (Å²) in [5.41, 5.74) is 5.57. The molecule has 116 valence electrons. The van der Waals surface area contributed by atoms with Crippen molar-refractivity contribution in [2.24, 2.45) is 33.8 Å². The Morgan fingerprint density at radius 2 is 2.10 bits per heavy atom. The first kappa shape index (κ1) is 15.8. The van der Waals surface area contributed by atoms with E-state index in [-0.39, 0.29) is 0 Å². The van der Waals surface area contributed by atoms with E-state index >= 15 is 0 Å². The van der Waals surface area contributed by atoms with Gasteiger partial charge in [0.25, 0.3) is 0 Å². The van der Waals surface area contributed by atoms with Crippen LogP contribution in [-0.4, -0.2) is 11.5 Å². The van der Waals surface area contributed by atoms with Crippen molar-refractivity contribution < 1.29 is 4.42 Å². The quantitative estimate of drug-likeness (QED) is 0.887. The average molecular weight is 289 g/mol. The molecular formula is C17H27N3O. The first-order chi connectivity index (χ1) is 10.0. The van der Waals surface area contributed by atoms with Crippen molar-refractivity contribution >= 4 is 11.5 Å². The molecule has 2 rings (SSSR count). The first-order valence-electron chi connectivity index (χ1n) is 7.93. The molecule has 0 aromatic carbocycles. The van der Waals surface area contributed by atoms with E-state index in [2.05, 4.69) is 50.1 Å². The molecule has 3 unspecified atom stereocenters. The molecule has 0 saturated heterocycles. The summed E-state index contributed by atoms with van der Waals surface area (Å²) >= 11 is 0. The summed E-state index contributed by atoms with van der Waals surface area (Å²) in [6.45, 7) is 11.9. The van der Waals surface area contributed by atoms with Crippen LogP contribution in [0.3, 0.4) is 0 Å². The second-order valence-electron chi connectivity index (χ2n) is 6.32. The van der Waals surface area contributed by atoms with Crippen LogP contribution in [0.1, 0.15) is 46.6 Å². The number of hydrogen-bond acceptors (Lipinski definition) is 3. The Morgan fingerprint density at radius 1 is 1.33 bits per heavy atom. The van der Waals surface area contributed by atoms with Crippen molar-refractivity contribution in [2.75, 3.05) is 0 Å². The largest absolute Gasteiger partial charge is 0.472 e. The highest BCUT2D eigenvalue weighted by molar-refractivity contribution is 5.98. The molecule has 0 amide bonds. The van der Waals surface area contributed by atoms with E-state index in [1.165, 1.54) is 5.71 Å². The van der Waals surface area contributed by atoms with E-state index in [0.29, 0.717) is 30.2 Å². The zero-order chi connectivity index (χ0) is 15.4. The normalized spacial score (nSPS) is 25.8. The Labute approximate surface area is 127 Å². The SMILES string of the molecule is CCC(C1=NNC(=NCc2ccoc2)C(C)C1C)C(C)C. The van der Waals surface area contributed by atoms with Gasteiger partial charge in [0.15, 0.2) is 0 Å². The van der Waals surface area contributed by atoms with Gasteiger partial charge in [0.2, 0.25) is 0 Å². The third kappa shape index (κ3) is 3.55. The number of rotatable bonds is 5. The van der Waals surface area contributed by atoms with E-state index in [1.807, 2.05) is 6.07 Å². The van der Waals surface area contributed by atoms with Gasteiger partial charge in [0.1, 0.15) is 5.84 Å². The lowest BCUT2D eigenvalue weighted by molar-refractivity contribution is 0.437. The molecule has 0 radical (unpaired) electrons. The number of nitrogens with one attached hydrogen (secondary N) is 1. The highest BCUT2D eigenvalue weighted by atomic mass is 16.3. The number of furan rings is 1. The lowest BCUT2D eigenvalue weighted by Gasteiger charge is -2.33. The molecular weight excluding hydrogens is 262 g/mol. The monoisotopic (exact) mass is 289 g/mol. The van der Waals surface area contributed by atoms with Crippen LogP contribution in [0, 0.1) is 23.7 Å². The molecule has 0 spiro atoms. The highest BCUT2D eigenvalue weighted by Gasteiger charge is 2.32. The maximum atomic E-state index is 5.07. The van der Waals surface area contributed by atoms with Crippen LogP contribution in [0.25, 0.3) is 0 Å². The Morgan fingerprint density at radius 3 is 2.67 bits per heavy atom. The van der Waals surface area contributed by atoms with Crippen molar-refractivity contribution in [3.05, 3.63) is 24.2 Å². The van der Waals surface area contributed by atoms with Crippen LogP contribution >= 0.6 is 0 Å². The van der Waals surface area contributed by atoms with Gasteiger partial charge in [0.05, 0.1) is 19.1 Å². The van der Waals surface area contributed by atoms with Crippen molar-refractivity contribution in [1.29, 1.82) is 0 Å². The average Bonchev–Trinajstić information content (AvgIpc) is 2.96. The van der Waals surface area contributed by atoms with E-state index in [9.17, 15) is 0 Å². The van der Waals surface area contributed by atoms with E-state index in [0.717, 1.165) is 17.8 Å². The van der Waals surface area contributed by atoms with Crippen LogP contribution in [0.2, 0.25) is 0 Å². The summed E-state index contributed by atoms with van der Waals surface area (Å²) in [5, 5.41) is 4.65. The third-order valence-corrected chi connectivity index (χ3v) is 4.58. The third-order valence-electron chi connectivity index (χ3n) is 4.58. The van der Waals surface area contributed by atoms with Gasteiger partial charge in [-0.05, 0) is 18.4 Å².